The lowest BCUT2D eigenvalue weighted by atomic mass is 9.99. The molecule has 5 nitrogen and oxygen atoms in total. The summed E-state index contributed by atoms with van der Waals surface area (Å²) in [5.74, 6) is 0. The summed E-state index contributed by atoms with van der Waals surface area (Å²) in [5.41, 5.74) is 4.20. The second-order valence-corrected chi connectivity index (χ2v) is 6.53. The van der Waals surface area contributed by atoms with Crippen LogP contribution in [0.3, 0.4) is 0 Å². The molecule has 0 fully saturated rings. The maximum atomic E-state index is 11.4. The van der Waals surface area contributed by atoms with E-state index >= 15 is 0 Å². The summed E-state index contributed by atoms with van der Waals surface area (Å²) >= 11 is 12.3. The number of H-pyrrole nitrogens is 2. The molecule has 128 valence electrons. The maximum absolute atomic E-state index is 11.4. The van der Waals surface area contributed by atoms with E-state index in [2.05, 4.69) is 20.4 Å². The van der Waals surface area contributed by atoms with Crippen LogP contribution in [0.4, 0.5) is 0 Å². The van der Waals surface area contributed by atoms with Crippen molar-refractivity contribution >= 4 is 23.2 Å². The van der Waals surface area contributed by atoms with E-state index in [1.165, 1.54) is 6.07 Å². The average molecular weight is 383 g/mol. The van der Waals surface area contributed by atoms with Crippen molar-refractivity contribution in [1.82, 2.24) is 20.4 Å². The molecule has 26 heavy (non-hydrogen) atoms. The van der Waals surface area contributed by atoms with Crippen LogP contribution in [0, 0.1) is 0 Å². The van der Waals surface area contributed by atoms with Gasteiger partial charge in [-0.15, -0.1) is 0 Å². The Morgan fingerprint density at radius 2 is 1.50 bits per heavy atom. The first kappa shape index (κ1) is 16.6. The Bertz CT molecular complexity index is 1100. The second kappa shape index (κ2) is 6.78. The van der Waals surface area contributed by atoms with Gasteiger partial charge in [0.15, 0.2) is 0 Å². The molecule has 0 saturated carbocycles. The molecule has 0 aliphatic heterocycles. The highest BCUT2D eigenvalue weighted by atomic mass is 35.5. The summed E-state index contributed by atoms with van der Waals surface area (Å²) in [5, 5.41) is 15.2. The van der Waals surface area contributed by atoms with Gasteiger partial charge in [-0.3, -0.25) is 9.89 Å². The van der Waals surface area contributed by atoms with Gasteiger partial charge >= 0.3 is 0 Å². The molecule has 2 aromatic carbocycles. The van der Waals surface area contributed by atoms with E-state index in [0.717, 1.165) is 22.4 Å². The summed E-state index contributed by atoms with van der Waals surface area (Å²) in [6.07, 6.45) is 0. The van der Waals surface area contributed by atoms with Crippen LogP contribution in [0.25, 0.3) is 33.8 Å². The molecule has 4 rings (SSSR count). The Morgan fingerprint density at radius 3 is 2.15 bits per heavy atom. The minimum Gasteiger partial charge on any atom is -0.277 e. The van der Waals surface area contributed by atoms with Gasteiger partial charge < -0.3 is 0 Å². The van der Waals surface area contributed by atoms with Crippen LogP contribution in [-0.4, -0.2) is 20.4 Å². The minimum absolute atomic E-state index is 0.272. The van der Waals surface area contributed by atoms with Crippen molar-refractivity contribution in [3.8, 4) is 33.8 Å². The summed E-state index contributed by atoms with van der Waals surface area (Å²) in [6.45, 7) is 0. The number of nitrogens with zero attached hydrogens (tertiary/aromatic N) is 2. The molecule has 0 bridgehead atoms. The summed E-state index contributed by atoms with van der Waals surface area (Å²) in [6, 6.07) is 18.1. The standard InChI is InChI=1S/C19H12Cl2N4O/c20-13-8-12(9-14(21)10-13)19-17(15-6-7-16(26)23-22-15)18(24-25-19)11-4-2-1-3-5-11/h1-10H,(H,23,26)(H,24,25). The van der Waals surface area contributed by atoms with Crippen LogP contribution in [0.1, 0.15) is 0 Å². The molecular weight excluding hydrogens is 371 g/mol. The number of benzene rings is 2. The summed E-state index contributed by atoms with van der Waals surface area (Å²) < 4.78 is 0. The molecule has 0 amide bonds. The van der Waals surface area contributed by atoms with Crippen LogP contribution < -0.4 is 5.56 Å². The predicted molar refractivity (Wildman–Crippen MR) is 103 cm³/mol. The molecule has 0 aliphatic carbocycles. The lowest BCUT2D eigenvalue weighted by molar-refractivity contribution is 0.996. The highest BCUT2D eigenvalue weighted by molar-refractivity contribution is 6.35. The van der Waals surface area contributed by atoms with E-state index in [1.807, 2.05) is 30.3 Å². The Morgan fingerprint density at radius 1 is 0.769 bits per heavy atom. The van der Waals surface area contributed by atoms with Gasteiger partial charge in [0.25, 0.3) is 5.56 Å². The molecule has 0 aliphatic rings. The van der Waals surface area contributed by atoms with Gasteiger partial charge in [0, 0.05) is 27.2 Å². The summed E-state index contributed by atoms with van der Waals surface area (Å²) in [7, 11) is 0. The van der Waals surface area contributed by atoms with Gasteiger partial charge in [0.1, 0.15) is 5.69 Å². The van der Waals surface area contributed by atoms with Crippen LogP contribution in [0.2, 0.25) is 10.0 Å². The fourth-order valence-corrected chi connectivity index (χ4v) is 3.31. The monoisotopic (exact) mass is 382 g/mol. The molecule has 4 aromatic rings. The van der Waals surface area contributed by atoms with Crippen molar-refractivity contribution < 1.29 is 0 Å². The van der Waals surface area contributed by atoms with Crippen molar-refractivity contribution in [3.63, 3.8) is 0 Å². The van der Waals surface area contributed by atoms with E-state index in [0.29, 0.717) is 21.4 Å². The van der Waals surface area contributed by atoms with Gasteiger partial charge in [-0.25, -0.2) is 5.10 Å². The molecule has 2 aromatic heterocycles. The van der Waals surface area contributed by atoms with Crippen LogP contribution in [0.5, 0.6) is 0 Å². The molecule has 0 radical (unpaired) electrons. The first-order chi connectivity index (χ1) is 12.6. The zero-order valence-electron chi connectivity index (χ0n) is 13.3. The quantitative estimate of drug-likeness (QED) is 0.534. The normalized spacial score (nSPS) is 10.8. The molecule has 0 saturated heterocycles. The van der Waals surface area contributed by atoms with Gasteiger partial charge in [0.2, 0.25) is 0 Å². The number of hydrogen-bond acceptors (Lipinski definition) is 3. The third-order valence-corrected chi connectivity index (χ3v) is 4.34. The third-order valence-electron chi connectivity index (χ3n) is 3.90. The maximum Gasteiger partial charge on any atom is 0.264 e. The van der Waals surface area contributed by atoms with E-state index in [4.69, 9.17) is 23.2 Å². The highest BCUT2D eigenvalue weighted by Gasteiger charge is 2.20. The average Bonchev–Trinajstić information content (AvgIpc) is 3.07. The Kier molecular flexibility index (Phi) is 4.32. The first-order valence-corrected chi connectivity index (χ1v) is 8.54. The summed E-state index contributed by atoms with van der Waals surface area (Å²) in [4.78, 5) is 11.4. The number of hydrogen-bond donors (Lipinski definition) is 2. The highest BCUT2D eigenvalue weighted by Crippen LogP contribution is 2.38. The zero-order chi connectivity index (χ0) is 18.1. The Labute approximate surface area is 158 Å². The number of aromatic amines is 2. The fourth-order valence-electron chi connectivity index (χ4n) is 2.79. The topological polar surface area (TPSA) is 74.4 Å². The van der Waals surface area contributed by atoms with E-state index in [9.17, 15) is 4.79 Å². The molecule has 2 N–H and O–H groups in total. The Hall–Kier alpha value is -2.89. The van der Waals surface area contributed by atoms with Crippen molar-refractivity contribution in [2.75, 3.05) is 0 Å². The first-order valence-electron chi connectivity index (χ1n) is 7.78. The van der Waals surface area contributed by atoms with Gasteiger partial charge in [-0.05, 0) is 24.3 Å². The van der Waals surface area contributed by atoms with Crippen LogP contribution in [0.15, 0.2) is 65.5 Å². The fraction of sp³-hybridized carbons (Fsp3) is 0. The smallest absolute Gasteiger partial charge is 0.264 e. The lowest BCUT2D eigenvalue weighted by Gasteiger charge is -2.06. The van der Waals surface area contributed by atoms with E-state index in [-0.39, 0.29) is 5.56 Å². The number of aromatic nitrogens is 4. The molecular formula is C19H12Cl2N4O. The van der Waals surface area contributed by atoms with Gasteiger partial charge in [-0.2, -0.15) is 10.2 Å². The minimum atomic E-state index is -0.272. The molecule has 0 unspecified atom stereocenters. The molecule has 0 atom stereocenters. The van der Waals surface area contributed by atoms with E-state index in [1.54, 1.807) is 24.3 Å². The van der Waals surface area contributed by atoms with Crippen molar-refractivity contribution in [1.29, 1.82) is 0 Å². The van der Waals surface area contributed by atoms with Crippen molar-refractivity contribution in [3.05, 3.63) is 81.1 Å². The molecule has 0 spiro atoms. The Balaban J connectivity index is 1.99. The van der Waals surface area contributed by atoms with Gasteiger partial charge in [0.05, 0.1) is 17.0 Å². The molecule has 2 heterocycles. The van der Waals surface area contributed by atoms with Gasteiger partial charge in [-0.1, -0.05) is 53.5 Å². The van der Waals surface area contributed by atoms with E-state index < -0.39 is 0 Å². The zero-order valence-corrected chi connectivity index (χ0v) is 14.8. The number of rotatable bonds is 3. The predicted octanol–water partition coefficient (Wildman–Crippen LogP) is 4.80. The van der Waals surface area contributed by atoms with Crippen LogP contribution >= 0.6 is 23.2 Å². The number of halogens is 2. The molecule has 7 heteroatoms. The van der Waals surface area contributed by atoms with Crippen molar-refractivity contribution in [2.45, 2.75) is 0 Å². The lowest BCUT2D eigenvalue weighted by Crippen LogP contribution is -2.06. The largest absolute Gasteiger partial charge is 0.277 e. The van der Waals surface area contributed by atoms with Crippen LogP contribution in [-0.2, 0) is 0 Å². The third kappa shape index (κ3) is 3.14. The SMILES string of the molecule is O=c1ccc(-c2c(-c3cc(Cl)cc(Cl)c3)n[nH]c2-c2ccccc2)n[nH]1. The number of nitrogens with one attached hydrogen (secondary N) is 2. The van der Waals surface area contributed by atoms with Crippen molar-refractivity contribution in [2.24, 2.45) is 0 Å². The second-order valence-electron chi connectivity index (χ2n) is 5.65.